The first kappa shape index (κ1) is 17.3. The molecule has 0 unspecified atom stereocenters. The monoisotopic (exact) mass is 342 g/mol. The van der Waals surface area contributed by atoms with Crippen molar-refractivity contribution in [3.63, 3.8) is 0 Å². The Bertz CT molecular complexity index is 773. The lowest BCUT2D eigenvalue weighted by Gasteiger charge is -2.11. The van der Waals surface area contributed by atoms with Crippen LogP contribution in [0.5, 0.6) is 0 Å². The summed E-state index contributed by atoms with van der Waals surface area (Å²) in [6, 6.07) is 5.54. The van der Waals surface area contributed by atoms with Crippen molar-refractivity contribution < 1.29 is 32.3 Å². The highest BCUT2D eigenvalue weighted by Crippen LogP contribution is 2.29. The molecule has 2 aromatic rings. The van der Waals surface area contributed by atoms with Crippen molar-refractivity contribution in [3.05, 3.63) is 59.4 Å². The number of urea groups is 1. The molecule has 0 atom stereocenters. The Morgan fingerprint density at radius 2 is 1.58 bits per heavy atom. The fraction of sp³-hybridized carbons (Fsp3) is 0.0667. The molecule has 9 heteroatoms. The Kier molecular flexibility index (Phi) is 4.72. The van der Waals surface area contributed by atoms with E-state index in [0.717, 1.165) is 42.5 Å². The molecule has 0 bridgehead atoms. The molecule has 5 nitrogen and oxygen atoms in total. The summed E-state index contributed by atoms with van der Waals surface area (Å²) in [5.41, 5.74) is -1.43. The molecule has 2 amide bonds. The van der Waals surface area contributed by atoms with E-state index < -0.39 is 35.1 Å². The molecule has 2 rings (SSSR count). The normalized spacial score (nSPS) is 11.0. The summed E-state index contributed by atoms with van der Waals surface area (Å²) in [4.78, 5) is 22.8. The zero-order valence-electron chi connectivity index (χ0n) is 11.8. The summed E-state index contributed by atoms with van der Waals surface area (Å²) in [5.74, 6) is -2.24. The second kappa shape index (κ2) is 6.57. The molecule has 0 radical (unpaired) electrons. The number of halogens is 4. The van der Waals surface area contributed by atoms with Crippen LogP contribution in [0.25, 0.3) is 0 Å². The molecular weight excluding hydrogens is 332 g/mol. The van der Waals surface area contributed by atoms with Crippen molar-refractivity contribution in [3.8, 4) is 0 Å². The lowest BCUT2D eigenvalue weighted by atomic mass is 10.1. The van der Waals surface area contributed by atoms with Crippen LogP contribution < -0.4 is 10.6 Å². The minimum absolute atomic E-state index is 0.0690. The van der Waals surface area contributed by atoms with Crippen molar-refractivity contribution in [2.45, 2.75) is 6.18 Å². The van der Waals surface area contributed by atoms with Crippen LogP contribution in [0.2, 0.25) is 0 Å². The first-order chi connectivity index (χ1) is 11.2. The number of hydrogen-bond donors (Lipinski definition) is 3. The fourth-order valence-electron chi connectivity index (χ4n) is 1.83. The van der Waals surface area contributed by atoms with Gasteiger partial charge in [0.15, 0.2) is 0 Å². The third-order valence-corrected chi connectivity index (χ3v) is 2.93. The predicted molar refractivity (Wildman–Crippen MR) is 77.4 cm³/mol. The molecule has 0 heterocycles. The van der Waals surface area contributed by atoms with E-state index in [-0.39, 0.29) is 11.4 Å². The van der Waals surface area contributed by atoms with Gasteiger partial charge < -0.3 is 15.7 Å². The smallest absolute Gasteiger partial charge is 0.416 e. The van der Waals surface area contributed by atoms with Gasteiger partial charge in [-0.05, 0) is 42.5 Å². The SMILES string of the molecule is O=C(Nc1ccc(C(F)(F)F)cc1)Nc1ccc(F)cc1C(=O)O. The number of rotatable bonds is 3. The van der Waals surface area contributed by atoms with Crippen LogP contribution in [-0.4, -0.2) is 17.1 Å². The van der Waals surface area contributed by atoms with Crippen molar-refractivity contribution in [2.75, 3.05) is 10.6 Å². The number of benzene rings is 2. The van der Waals surface area contributed by atoms with Crippen LogP contribution >= 0.6 is 0 Å². The molecule has 2 aromatic carbocycles. The van der Waals surface area contributed by atoms with Gasteiger partial charge in [-0.15, -0.1) is 0 Å². The summed E-state index contributed by atoms with van der Waals surface area (Å²) in [5, 5.41) is 13.4. The number of alkyl halides is 3. The number of nitrogens with one attached hydrogen (secondary N) is 2. The van der Waals surface area contributed by atoms with Crippen molar-refractivity contribution in [2.24, 2.45) is 0 Å². The molecule has 0 aromatic heterocycles. The summed E-state index contributed by atoms with van der Waals surface area (Å²) in [6.07, 6.45) is -4.49. The molecule has 0 aliphatic rings. The summed E-state index contributed by atoms with van der Waals surface area (Å²) >= 11 is 0. The van der Waals surface area contributed by atoms with Gasteiger partial charge in [0.2, 0.25) is 0 Å². The second-order valence-corrected chi connectivity index (χ2v) is 4.65. The van der Waals surface area contributed by atoms with E-state index in [1.807, 2.05) is 0 Å². The molecular formula is C15H10F4N2O3. The number of carboxylic acids is 1. The lowest BCUT2D eigenvalue weighted by Crippen LogP contribution is -2.21. The van der Waals surface area contributed by atoms with Crippen molar-refractivity contribution in [1.29, 1.82) is 0 Å². The maximum atomic E-state index is 13.0. The maximum absolute atomic E-state index is 13.0. The minimum Gasteiger partial charge on any atom is -0.478 e. The van der Waals surface area contributed by atoms with Crippen LogP contribution in [0.4, 0.5) is 33.7 Å². The lowest BCUT2D eigenvalue weighted by molar-refractivity contribution is -0.137. The molecule has 0 saturated heterocycles. The number of anilines is 2. The van der Waals surface area contributed by atoms with Crippen molar-refractivity contribution >= 4 is 23.4 Å². The average molecular weight is 342 g/mol. The predicted octanol–water partition coefficient (Wildman–Crippen LogP) is 4.19. The van der Waals surface area contributed by atoms with Gasteiger partial charge >= 0.3 is 18.2 Å². The number of carboxylic acid groups (broad SMARTS) is 1. The van der Waals surface area contributed by atoms with E-state index in [1.54, 1.807) is 0 Å². The number of amides is 2. The zero-order chi connectivity index (χ0) is 17.9. The standard InChI is InChI=1S/C15H10F4N2O3/c16-9-3-6-12(11(7-9)13(22)23)21-14(24)20-10-4-1-8(2-5-10)15(17,18)19/h1-7H,(H,22,23)(H2,20,21,24). The summed E-state index contributed by atoms with van der Waals surface area (Å²) in [7, 11) is 0. The van der Waals surface area contributed by atoms with Gasteiger partial charge in [-0.1, -0.05) is 0 Å². The van der Waals surface area contributed by atoms with E-state index >= 15 is 0 Å². The fourth-order valence-corrected chi connectivity index (χ4v) is 1.83. The number of carbonyl (C=O) groups excluding carboxylic acids is 1. The third-order valence-electron chi connectivity index (χ3n) is 2.93. The van der Waals surface area contributed by atoms with Gasteiger partial charge in [-0.3, -0.25) is 0 Å². The van der Waals surface area contributed by atoms with Crippen LogP contribution in [0, 0.1) is 5.82 Å². The Balaban J connectivity index is 2.10. The van der Waals surface area contributed by atoms with E-state index in [2.05, 4.69) is 10.6 Å². The highest BCUT2D eigenvalue weighted by Gasteiger charge is 2.30. The molecule has 0 saturated carbocycles. The first-order valence-corrected chi connectivity index (χ1v) is 6.45. The first-order valence-electron chi connectivity index (χ1n) is 6.45. The summed E-state index contributed by atoms with van der Waals surface area (Å²) in [6.45, 7) is 0. The second-order valence-electron chi connectivity index (χ2n) is 4.65. The molecule has 0 fully saturated rings. The largest absolute Gasteiger partial charge is 0.478 e. The topological polar surface area (TPSA) is 78.4 Å². The molecule has 126 valence electrons. The van der Waals surface area contributed by atoms with Crippen LogP contribution in [0.1, 0.15) is 15.9 Å². The van der Waals surface area contributed by atoms with Crippen LogP contribution in [-0.2, 0) is 6.18 Å². The quantitative estimate of drug-likeness (QED) is 0.732. The number of carbonyl (C=O) groups is 2. The Morgan fingerprint density at radius 3 is 2.12 bits per heavy atom. The molecule has 0 aliphatic heterocycles. The summed E-state index contributed by atoms with van der Waals surface area (Å²) < 4.78 is 50.4. The van der Waals surface area contributed by atoms with Gasteiger partial charge in [0.25, 0.3) is 0 Å². The third kappa shape index (κ3) is 4.22. The maximum Gasteiger partial charge on any atom is 0.416 e. The molecule has 0 spiro atoms. The van der Waals surface area contributed by atoms with Crippen LogP contribution in [0.3, 0.4) is 0 Å². The highest BCUT2D eigenvalue weighted by atomic mass is 19.4. The Labute approximate surface area is 132 Å². The van der Waals surface area contributed by atoms with Crippen LogP contribution in [0.15, 0.2) is 42.5 Å². The van der Waals surface area contributed by atoms with E-state index in [9.17, 15) is 27.2 Å². The van der Waals surface area contributed by atoms with Gasteiger partial charge in [0.1, 0.15) is 5.82 Å². The van der Waals surface area contributed by atoms with Gasteiger partial charge in [0, 0.05) is 5.69 Å². The highest BCUT2D eigenvalue weighted by molar-refractivity contribution is 6.04. The molecule has 0 aliphatic carbocycles. The zero-order valence-corrected chi connectivity index (χ0v) is 11.8. The average Bonchev–Trinajstić information content (AvgIpc) is 2.48. The van der Waals surface area contributed by atoms with Gasteiger partial charge in [-0.2, -0.15) is 13.2 Å². The van der Waals surface area contributed by atoms with E-state index in [1.165, 1.54) is 0 Å². The van der Waals surface area contributed by atoms with Gasteiger partial charge in [0.05, 0.1) is 16.8 Å². The number of hydrogen-bond acceptors (Lipinski definition) is 2. The minimum atomic E-state index is -4.49. The van der Waals surface area contributed by atoms with E-state index in [4.69, 9.17) is 5.11 Å². The Hall–Kier alpha value is -3.10. The van der Waals surface area contributed by atoms with Gasteiger partial charge in [-0.25, -0.2) is 14.0 Å². The molecule has 3 N–H and O–H groups in total. The Morgan fingerprint density at radius 1 is 0.958 bits per heavy atom. The van der Waals surface area contributed by atoms with Crippen molar-refractivity contribution in [1.82, 2.24) is 0 Å². The van der Waals surface area contributed by atoms with E-state index in [0.29, 0.717) is 0 Å². The number of aromatic carboxylic acids is 1. The molecule has 24 heavy (non-hydrogen) atoms.